The van der Waals surface area contributed by atoms with E-state index in [-0.39, 0.29) is 12.0 Å². The molecule has 1 saturated heterocycles. The number of benzene rings is 1. The summed E-state index contributed by atoms with van der Waals surface area (Å²) in [5.74, 6) is -0.298. The highest BCUT2D eigenvalue weighted by Crippen LogP contribution is 2.36. The molecule has 2 amide bonds. The molecule has 0 bridgehead atoms. The van der Waals surface area contributed by atoms with Crippen molar-refractivity contribution in [3.8, 4) is 6.07 Å². The molecule has 2 aliphatic heterocycles. The van der Waals surface area contributed by atoms with Crippen LogP contribution in [0.2, 0.25) is 0 Å². The summed E-state index contributed by atoms with van der Waals surface area (Å²) in [4.78, 5) is 29.7. The number of hydrogen-bond donors (Lipinski definition) is 1. The summed E-state index contributed by atoms with van der Waals surface area (Å²) in [5.41, 5.74) is 2.31. The molecule has 1 fully saturated rings. The van der Waals surface area contributed by atoms with Gasteiger partial charge in [0, 0.05) is 37.1 Å². The number of carbonyl (C=O) groups is 2. The summed E-state index contributed by atoms with van der Waals surface area (Å²) >= 11 is 1.34. The van der Waals surface area contributed by atoms with Crippen molar-refractivity contribution in [2.75, 3.05) is 51.3 Å². The molecule has 3 heterocycles. The number of nitrogens with one attached hydrogen (secondary N) is 1. The van der Waals surface area contributed by atoms with E-state index in [2.05, 4.69) is 16.3 Å². The first kappa shape index (κ1) is 23.0. The van der Waals surface area contributed by atoms with E-state index < -0.39 is 0 Å². The van der Waals surface area contributed by atoms with Crippen LogP contribution in [-0.4, -0.2) is 67.8 Å². The zero-order valence-corrected chi connectivity index (χ0v) is 19.1. The molecule has 1 aromatic heterocycles. The summed E-state index contributed by atoms with van der Waals surface area (Å²) in [6.45, 7) is 5.02. The van der Waals surface area contributed by atoms with Crippen LogP contribution in [0.15, 0.2) is 36.4 Å². The monoisotopic (exact) mass is 466 g/mol. The number of carbonyl (C=O) groups excluding carboxylic acids is 2. The van der Waals surface area contributed by atoms with Crippen LogP contribution < -0.4 is 5.32 Å². The molecule has 2 aliphatic rings. The maximum atomic E-state index is 12.5. The largest absolute Gasteiger partial charge is 0.448 e. The van der Waals surface area contributed by atoms with E-state index >= 15 is 0 Å². The van der Waals surface area contributed by atoms with Crippen LogP contribution in [0.25, 0.3) is 6.08 Å². The first-order chi connectivity index (χ1) is 16.1. The van der Waals surface area contributed by atoms with Crippen LogP contribution in [-0.2, 0) is 27.2 Å². The second-order valence-corrected chi connectivity index (χ2v) is 8.90. The number of nitrogens with zero attached hydrogens (tertiary/aromatic N) is 3. The number of ether oxygens (including phenoxy) is 2. The van der Waals surface area contributed by atoms with Crippen molar-refractivity contribution in [1.29, 1.82) is 5.26 Å². The first-order valence-corrected chi connectivity index (χ1v) is 11.8. The third-order valence-electron chi connectivity index (χ3n) is 5.63. The second-order valence-electron chi connectivity index (χ2n) is 7.79. The van der Waals surface area contributed by atoms with E-state index in [1.54, 1.807) is 11.0 Å². The van der Waals surface area contributed by atoms with Gasteiger partial charge in [0.2, 0.25) is 5.91 Å². The van der Waals surface area contributed by atoms with Gasteiger partial charge in [0.25, 0.3) is 0 Å². The van der Waals surface area contributed by atoms with E-state index in [0.717, 1.165) is 29.1 Å². The lowest BCUT2D eigenvalue weighted by molar-refractivity contribution is -0.111. The highest BCUT2D eigenvalue weighted by atomic mass is 32.1. The molecule has 0 radical (unpaired) electrons. The standard InChI is InChI=1S/C24H26N4O4S/c25-16-20-19-8-9-28(24(30)32-15-12-27-10-13-31-14-11-27)17-21(19)33-23(20)26-22(29)7-6-18-4-2-1-3-5-18/h1-7H,8-15,17H2,(H,26,29). The van der Waals surface area contributed by atoms with Gasteiger partial charge in [-0.15, -0.1) is 11.3 Å². The fourth-order valence-electron chi connectivity index (χ4n) is 3.83. The molecule has 1 aromatic carbocycles. The maximum absolute atomic E-state index is 12.5. The van der Waals surface area contributed by atoms with E-state index in [1.807, 2.05) is 30.3 Å². The average molecular weight is 467 g/mol. The quantitative estimate of drug-likeness (QED) is 0.658. The van der Waals surface area contributed by atoms with Gasteiger partial charge < -0.3 is 19.7 Å². The lowest BCUT2D eigenvalue weighted by atomic mass is 10.0. The number of nitriles is 1. The molecule has 172 valence electrons. The van der Waals surface area contributed by atoms with Gasteiger partial charge in [-0.3, -0.25) is 9.69 Å². The predicted octanol–water partition coefficient (Wildman–Crippen LogP) is 3.10. The smallest absolute Gasteiger partial charge is 0.410 e. The van der Waals surface area contributed by atoms with Crippen LogP contribution in [0, 0.1) is 11.3 Å². The molecule has 0 spiro atoms. The maximum Gasteiger partial charge on any atom is 0.410 e. The summed E-state index contributed by atoms with van der Waals surface area (Å²) in [7, 11) is 0. The Morgan fingerprint density at radius 1 is 1.21 bits per heavy atom. The van der Waals surface area contributed by atoms with Crippen LogP contribution >= 0.6 is 11.3 Å². The van der Waals surface area contributed by atoms with Gasteiger partial charge in [-0.05, 0) is 23.6 Å². The molecule has 2 aromatic rings. The van der Waals surface area contributed by atoms with Gasteiger partial charge in [-0.25, -0.2) is 4.79 Å². The molecule has 0 aliphatic carbocycles. The molecular weight excluding hydrogens is 440 g/mol. The van der Waals surface area contributed by atoms with E-state index in [1.165, 1.54) is 17.4 Å². The SMILES string of the molecule is N#Cc1c(NC(=O)C=Cc2ccccc2)sc2c1CCN(C(=O)OCCN1CCOCC1)C2. The molecule has 9 heteroatoms. The van der Waals surface area contributed by atoms with Crippen molar-refractivity contribution in [3.63, 3.8) is 0 Å². The van der Waals surface area contributed by atoms with E-state index in [9.17, 15) is 14.9 Å². The lowest BCUT2D eigenvalue weighted by Gasteiger charge is -2.28. The van der Waals surface area contributed by atoms with Crippen molar-refractivity contribution in [1.82, 2.24) is 9.80 Å². The molecule has 0 unspecified atom stereocenters. The number of anilines is 1. The van der Waals surface area contributed by atoms with Crippen LogP contribution in [0.5, 0.6) is 0 Å². The number of morpholine rings is 1. The average Bonchev–Trinajstić information content (AvgIpc) is 3.20. The Hall–Kier alpha value is -3.19. The fourth-order valence-corrected chi connectivity index (χ4v) is 5.05. The summed E-state index contributed by atoms with van der Waals surface area (Å²) in [5, 5.41) is 13.0. The van der Waals surface area contributed by atoms with Gasteiger partial charge in [0.1, 0.15) is 17.7 Å². The van der Waals surface area contributed by atoms with Crippen molar-refractivity contribution in [3.05, 3.63) is 58.0 Å². The van der Waals surface area contributed by atoms with Crippen molar-refractivity contribution in [2.24, 2.45) is 0 Å². The zero-order chi connectivity index (χ0) is 23.0. The van der Waals surface area contributed by atoms with Crippen LogP contribution in [0.4, 0.5) is 9.80 Å². The number of thiophene rings is 1. The molecule has 1 N–H and O–H groups in total. The summed E-state index contributed by atoms with van der Waals surface area (Å²) in [6, 6.07) is 11.7. The Kier molecular flexibility index (Phi) is 7.73. The molecule has 0 saturated carbocycles. The van der Waals surface area contributed by atoms with E-state index in [4.69, 9.17) is 9.47 Å². The molecule has 4 rings (SSSR count). The number of fused-ring (bicyclic) bond motifs is 1. The van der Waals surface area contributed by atoms with Crippen molar-refractivity contribution >= 4 is 34.4 Å². The minimum absolute atomic E-state index is 0.298. The Labute approximate surface area is 197 Å². The zero-order valence-electron chi connectivity index (χ0n) is 18.3. The first-order valence-electron chi connectivity index (χ1n) is 10.9. The van der Waals surface area contributed by atoms with Gasteiger partial charge in [-0.2, -0.15) is 5.26 Å². The van der Waals surface area contributed by atoms with Crippen molar-refractivity contribution < 1.29 is 19.1 Å². The molecule has 8 nitrogen and oxygen atoms in total. The highest BCUT2D eigenvalue weighted by molar-refractivity contribution is 7.16. The van der Waals surface area contributed by atoms with E-state index in [0.29, 0.717) is 56.4 Å². The Morgan fingerprint density at radius 2 is 2.00 bits per heavy atom. The fraction of sp³-hybridized carbons (Fsp3) is 0.375. The van der Waals surface area contributed by atoms with Gasteiger partial charge in [-0.1, -0.05) is 30.3 Å². The number of hydrogen-bond acceptors (Lipinski definition) is 7. The van der Waals surface area contributed by atoms with Gasteiger partial charge in [0.05, 0.1) is 25.3 Å². The summed E-state index contributed by atoms with van der Waals surface area (Å²) in [6.07, 6.45) is 3.39. The van der Waals surface area contributed by atoms with Crippen LogP contribution in [0.3, 0.4) is 0 Å². The topological polar surface area (TPSA) is 94.9 Å². The second kappa shape index (κ2) is 11.1. The third kappa shape index (κ3) is 5.99. The summed E-state index contributed by atoms with van der Waals surface area (Å²) < 4.78 is 10.8. The normalized spacial score (nSPS) is 16.3. The number of amides is 2. The van der Waals surface area contributed by atoms with Gasteiger partial charge in [0.15, 0.2) is 0 Å². The Bertz CT molecular complexity index is 1050. The number of rotatable bonds is 6. The minimum Gasteiger partial charge on any atom is -0.448 e. The van der Waals surface area contributed by atoms with Crippen molar-refractivity contribution in [2.45, 2.75) is 13.0 Å². The third-order valence-corrected chi connectivity index (χ3v) is 6.76. The predicted molar refractivity (Wildman–Crippen MR) is 126 cm³/mol. The highest BCUT2D eigenvalue weighted by Gasteiger charge is 2.28. The molecule has 33 heavy (non-hydrogen) atoms. The minimum atomic E-state index is -0.350. The Morgan fingerprint density at radius 3 is 2.76 bits per heavy atom. The van der Waals surface area contributed by atoms with Crippen LogP contribution in [0.1, 0.15) is 21.6 Å². The lowest BCUT2D eigenvalue weighted by Crippen LogP contribution is -2.40. The Balaban J connectivity index is 1.34. The molecule has 0 atom stereocenters. The van der Waals surface area contributed by atoms with Gasteiger partial charge >= 0.3 is 6.09 Å². The molecular formula is C24H26N4O4S.